The average Bonchev–Trinajstić information content (AvgIpc) is 2.33. The third kappa shape index (κ3) is 2.00. The van der Waals surface area contributed by atoms with Gasteiger partial charge in [-0.05, 0) is 43.2 Å². The van der Waals surface area contributed by atoms with Gasteiger partial charge in [-0.25, -0.2) is 0 Å². The van der Waals surface area contributed by atoms with Crippen molar-refractivity contribution in [2.45, 2.75) is 50.5 Å². The molecule has 1 aliphatic carbocycles. The molecule has 0 radical (unpaired) electrons. The summed E-state index contributed by atoms with van der Waals surface area (Å²) in [5, 5.41) is 9.37. The first kappa shape index (κ1) is 12.6. The van der Waals surface area contributed by atoms with Gasteiger partial charge in [0.1, 0.15) is 0 Å². The minimum Gasteiger partial charge on any atom is -0.396 e. The predicted molar refractivity (Wildman–Crippen MR) is 71.1 cm³/mol. The van der Waals surface area contributed by atoms with Crippen LogP contribution < -0.4 is 5.73 Å². The lowest BCUT2D eigenvalue weighted by Crippen LogP contribution is -2.46. The van der Waals surface area contributed by atoms with Gasteiger partial charge in [-0.1, -0.05) is 31.2 Å². The van der Waals surface area contributed by atoms with Crippen LogP contribution >= 0.6 is 0 Å². The summed E-state index contributed by atoms with van der Waals surface area (Å²) >= 11 is 0. The summed E-state index contributed by atoms with van der Waals surface area (Å²) in [6.45, 7) is 4.57. The molecule has 0 bridgehead atoms. The lowest BCUT2D eigenvalue weighted by molar-refractivity contribution is 0.196. The van der Waals surface area contributed by atoms with Crippen LogP contribution in [-0.2, 0) is 5.41 Å². The number of benzene rings is 1. The molecule has 0 saturated carbocycles. The second-order valence-electron chi connectivity index (χ2n) is 5.45. The maximum Gasteiger partial charge on any atom is 0.0440 e. The Morgan fingerprint density at radius 1 is 1.47 bits per heavy atom. The number of nitrogens with two attached hydrogens (primary N) is 1. The first-order valence-corrected chi connectivity index (χ1v) is 6.57. The predicted octanol–water partition coefficient (Wildman–Crippen LogP) is 2.55. The number of fused-ring (bicyclic) bond motifs is 1. The highest BCUT2D eigenvalue weighted by Crippen LogP contribution is 2.46. The van der Waals surface area contributed by atoms with Gasteiger partial charge in [-0.2, -0.15) is 0 Å². The SMILES string of the molecule is CC1CCC(CCO)(C(C)N)c2ccccc21. The molecule has 3 unspecified atom stereocenters. The van der Waals surface area contributed by atoms with Gasteiger partial charge in [0, 0.05) is 18.1 Å². The van der Waals surface area contributed by atoms with Crippen LogP contribution in [-0.4, -0.2) is 17.8 Å². The monoisotopic (exact) mass is 233 g/mol. The summed E-state index contributed by atoms with van der Waals surface area (Å²) in [5.74, 6) is 0.608. The average molecular weight is 233 g/mol. The van der Waals surface area contributed by atoms with Crippen molar-refractivity contribution in [1.29, 1.82) is 0 Å². The molecule has 2 nitrogen and oxygen atoms in total. The van der Waals surface area contributed by atoms with E-state index in [0.717, 1.165) is 12.8 Å². The second-order valence-corrected chi connectivity index (χ2v) is 5.45. The fraction of sp³-hybridized carbons (Fsp3) is 0.600. The van der Waals surface area contributed by atoms with Crippen molar-refractivity contribution in [3.8, 4) is 0 Å². The lowest BCUT2D eigenvalue weighted by Gasteiger charge is -2.44. The number of hydrogen-bond donors (Lipinski definition) is 2. The molecule has 1 aromatic carbocycles. The maximum atomic E-state index is 9.37. The molecule has 0 aliphatic heterocycles. The first-order valence-electron chi connectivity index (χ1n) is 6.57. The highest BCUT2D eigenvalue weighted by molar-refractivity contribution is 5.40. The molecule has 0 saturated heterocycles. The highest BCUT2D eigenvalue weighted by Gasteiger charge is 2.40. The van der Waals surface area contributed by atoms with Crippen LogP contribution in [0.15, 0.2) is 24.3 Å². The molecule has 3 atom stereocenters. The van der Waals surface area contributed by atoms with Crippen LogP contribution in [0.25, 0.3) is 0 Å². The van der Waals surface area contributed by atoms with E-state index in [1.807, 2.05) is 0 Å². The molecule has 94 valence electrons. The molecule has 1 aromatic rings. The van der Waals surface area contributed by atoms with Crippen molar-refractivity contribution in [2.24, 2.45) is 5.73 Å². The zero-order chi connectivity index (χ0) is 12.5. The van der Waals surface area contributed by atoms with E-state index in [4.69, 9.17) is 5.73 Å². The summed E-state index contributed by atoms with van der Waals surface area (Å²) in [6, 6.07) is 8.69. The van der Waals surface area contributed by atoms with Crippen LogP contribution in [0.5, 0.6) is 0 Å². The maximum absolute atomic E-state index is 9.37. The van der Waals surface area contributed by atoms with Crippen molar-refractivity contribution in [1.82, 2.24) is 0 Å². The number of aliphatic hydroxyl groups excluding tert-OH is 1. The summed E-state index contributed by atoms with van der Waals surface area (Å²) in [5.41, 5.74) is 8.99. The van der Waals surface area contributed by atoms with Gasteiger partial charge in [-0.3, -0.25) is 0 Å². The molecule has 0 heterocycles. The van der Waals surface area contributed by atoms with Crippen LogP contribution in [0.1, 0.15) is 50.2 Å². The summed E-state index contributed by atoms with van der Waals surface area (Å²) in [6.07, 6.45) is 3.02. The van der Waals surface area contributed by atoms with E-state index in [0.29, 0.717) is 5.92 Å². The van der Waals surface area contributed by atoms with Crippen molar-refractivity contribution in [3.05, 3.63) is 35.4 Å². The van der Waals surface area contributed by atoms with Crippen molar-refractivity contribution >= 4 is 0 Å². The third-order valence-corrected chi connectivity index (χ3v) is 4.48. The van der Waals surface area contributed by atoms with E-state index in [1.165, 1.54) is 17.5 Å². The van der Waals surface area contributed by atoms with Crippen LogP contribution in [0.4, 0.5) is 0 Å². The van der Waals surface area contributed by atoms with Gasteiger partial charge in [0.2, 0.25) is 0 Å². The van der Waals surface area contributed by atoms with Crippen LogP contribution in [0.2, 0.25) is 0 Å². The van der Waals surface area contributed by atoms with E-state index in [2.05, 4.69) is 38.1 Å². The Kier molecular flexibility index (Phi) is 3.55. The van der Waals surface area contributed by atoms with E-state index in [1.54, 1.807) is 0 Å². The molecule has 0 amide bonds. The Morgan fingerprint density at radius 3 is 2.82 bits per heavy atom. The summed E-state index contributed by atoms with van der Waals surface area (Å²) in [7, 11) is 0. The zero-order valence-electron chi connectivity index (χ0n) is 10.8. The first-order chi connectivity index (χ1) is 8.12. The van der Waals surface area contributed by atoms with E-state index in [-0.39, 0.29) is 18.1 Å². The van der Waals surface area contributed by atoms with Gasteiger partial charge in [0.15, 0.2) is 0 Å². The van der Waals surface area contributed by atoms with Crippen molar-refractivity contribution in [3.63, 3.8) is 0 Å². The molecular formula is C15H23NO. The second kappa shape index (κ2) is 4.79. The fourth-order valence-electron chi connectivity index (χ4n) is 3.30. The summed E-state index contributed by atoms with van der Waals surface area (Å²) in [4.78, 5) is 0. The number of aliphatic hydroxyl groups is 1. The Hall–Kier alpha value is -0.860. The Morgan fingerprint density at radius 2 is 2.18 bits per heavy atom. The van der Waals surface area contributed by atoms with Gasteiger partial charge < -0.3 is 10.8 Å². The van der Waals surface area contributed by atoms with Gasteiger partial charge in [0.25, 0.3) is 0 Å². The Labute approximate surface area is 104 Å². The molecule has 17 heavy (non-hydrogen) atoms. The minimum atomic E-state index is -0.0299. The fourth-order valence-corrected chi connectivity index (χ4v) is 3.30. The van der Waals surface area contributed by atoms with Gasteiger partial charge in [-0.15, -0.1) is 0 Å². The molecule has 2 rings (SSSR count). The smallest absolute Gasteiger partial charge is 0.0440 e. The van der Waals surface area contributed by atoms with Gasteiger partial charge in [0.05, 0.1) is 0 Å². The number of rotatable bonds is 3. The molecular weight excluding hydrogens is 210 g/mol. The molecule has 0 spiro atoms. The lowest BCUT2D eigenvalue weighted by atomic mass is 9.62. The third-order valence-electron chi connectivity index (χ3n) is 4.48. The summed E-state index contributed by atoms with van der Waals surface area (Å²) < 4.78 is 0. The van der Waals surface area contributed by atoms with Crippen LogP contribution in [0.3, 0.4) is 0 Å². The largest absolute Gasteiger partial charge is 0.396 e. The molecule has 3 N–H and O–H groups in total. The molecule has 1 aliphatic rings. The van der Waals surface area contributed by atoms with Crippen LogP contribution in [0, 0.1) is 0 Å². The zero-order valence-corrected chi connectivity index (χ0v) is 10.8. The molecule has 2 heteroatoms. The normalized spacial score (nSPS) is 29.8. The molecule has 0 fully saturated rings. The van der Waals surface area contributed by atoms with Crippen molar-refractivity contribution < 1.29 is 5.11 Å². The number of hydrogen-bond acceptors (Lipinski definition) is 2. The van der Waals surface area contributed by atoms with E-state index in [9.17, 15) is 5.11 Å². The van der Waals surface area contributed by atoms with E-state index >= 15 is 0 Å². The van der Waals surface area contributed by atoms with Gasteiger partial charge >= 0.3 is 0 Å². The van der Waals surface area contributed by atoms with Crippen molar-refractivity contribution in [2.75, 3.05) is 6.61 Å². The standard InChI is InChI=1S/C15H23NO/c1-11-7-8-15(9-10-17,12(2)16)14-6-4-3-5-13(11)14/h3-6,11-12,17H,7-10,16H2,1-2H3. The Balaban J connectivity index is 2.52. The molecule has 0 aromatic heterocycles. The quantitative estimate of drug-likeness (QED) is 0.843. The highest BCUT2D eigenvalue weighted by atomic mass is 16.3. The minimum absolute atomic E-state index is 0.0299. The Bertz CT molecular complexity index is 388. The van der Waals surface area contributed by atoms with E-state index < -0.39 is 0 Å². The topological polar surface area (TPSA) is 46.2 Å².